The summed E-state index contributed by atoms with van der Waals surface area (Å²) in [4.78, 5) is 18.5. The first kappa shape index (κ1) is 18.9. The number of nitrogens with one attached hydrogen (secondary N) is 1. The van der Waals surface area contributed by atoms with Crippen LogP contribution in [-0.4, -0.2) is 52.5 Å². The van der Waals surface area contributed by atoms with E-state index in [1.807, 2.05) is 29.1 Å². The van der Waals surface area contributed by atoms with E-state index < -0.39 is 0 Å². The predicted molar refractivity (Wildman–Crippen MR) is 97.5 cm³/mol. The number of methoxy groups -OCH3 is 1. The van der Waals surface area contributed by atoms with Crippen LogP contribution in [0.2, 0.25) is 0 Å². The standard InChI is InChI=1S/C18H27N5O2/c1-15(2)14-22(12-13-25-3)18(24)20-17-8-11-23(21-17)10-7-16-6-4-5-9-19-16/h4-6,8-9,11,15H,7,10,12-14H2,1-3H3,(H,20,21,24). The monoisotopic (exact) mass is 345 g/mol. The average molecular weight is 345 g/mol. The Bertz CT molecular complexity index is 642. The number of aryl methyl sites for hydroxylation is 2. The van der Waals surface area contributed by atoms with Gasteiger partial charge in [0.2, 0.25) is 0 Å². The molecule has 0 saturated heterocycles. The highest BCUT2D eigenvalue weighted by molar-refractivity contribution is 5.88. The smallest absolute Gasteiger partial charge is 0.323 e. The van der Waals surface area contributed by atoms with Crippen molar-refractivity contribution in [2.75, 3.05) is 32.1 Å². The number of anilines is 1. The van der Waals surface area contributed by atoms with Crippen molar-refractivity contribution < 1.29 is 9.53 Å². The molecule has 2 rings (SSSR count). The number of carbonyl (C=O) groups is 1. The summed E-state index contributed by atoms with van der Waals surface area (Å²) in [6.07, 6.45) is 4.44. The second-order valence-electron chi connectivity index (χ2n) is 6.30. The van der Waals surface area contributed by atoms with Crippen LogP contribution in [0, 0.1) is 5.92 Å². The van der Waals surface area contributed by atoms with Gasteiger partial charge in [0, 0.05) is 57.3 Å². The fraction of sp³-hybridized carbons (Fsp3) is 0.500. The van der Waals surface area contributed by atoms with E-state index in [2.05, 4.69) is 29.2 Å². The van der Waals surface area contributed by atoms with Crippen molar-refractivity contribution in [3.63, 3.8) is 0 Å². The second kappa shape index (κ2) is 9.78. The number of aromatic nitrogens is 3. The zero-order chi connectivity index (χ0) is 18.1. The van der Waals surface area contributed by atoms with Crippen molar-refractivity contribution in [1.29, 1.82) is 0 Å². The number of nitrogens with zero attached hydrogens (tertiary/aromatic N) is 4. The van der Waals surface area contributed by atoms with E-state index in [0.717, 1.165) is 12.1 Å². The van der Waals surface area contributed by atoms with E-state index in [4.69, 9.17) is 4.74 Å². The molecular formula is C18H27N5O2. The molecule has 0 spiro atoms. The minimum atomic E-state index is -0.152. The van der Waals surface area contributed by atoms with Gasteiger partial charge in [0.15, 0.2) is 5.82 Å². The molecule has 0 saturated carbocycles. The number of ether oxygens (including phenoxy) is 1. The van der Waals surface area contributed by atoms with Gasteiger partial charge in [-0.05, 0) is 18.1 Å². The Morgan fingerprint density at radius 3 is 2.88 bits per heavy atom. The normalized spacial score (nSPS) is 10.9. The molecule has 0 fully saturated rings. The van der Waals surface area contributed by atoms with Gasteiger partial charge in [0.25, 0.3) is 0 Å². The first-order valence-electron chi connectivity index (χ1n) is 8.56. The van der Waals surface area contributed by atoms with E-state index in [0.29, 0.717) is 38.0 Å². The molecule has 2 aromatic rings. The van der Waals surface area contributed by atoms with Crippen LogP contribution in [-0.2, 0) is 17.7 Å². The SMILES string of the molecule is COCCN(CC(C)C)C(=O)Nc1ccn(CCc2ccccn2)n1. The maximum atomic E-state index is 12.4. The van der Waals surface area contributed by atoms with Crippen LogP contribution >= 0.6 is 0 Å². The summed E-state index contributed by atoms with van der Waals surface area (Å²) < 4.78 is 6.90. The van der Waals surface area contributed by atoms with Crippen LogP contribution in [0.1, 0.15) is 19.5 Å². The summed E-state index contributed by atoms with van der Waals surface area (Å²) in [6, 6.07) is 7.52. The van der Waals surface area contributed by atoms with Crippen molar-refractivity contribution >= 4 is 11.8 Å². The molecular weight excluding hydrogens is 318 g/mol. The first-order chi connectivity index (χ1) is 12.1. The molecule has 0 unspecified atom stereocenters. The number of carbonyl (C=O) groups excluding carboxylic acids is 1. The van der Waals surface area contributed by atoms with Gasteiger partial charge in [0.05, 0.1) is 6.61 Å². The van der Waals surface area contributed by atoms with Crippen LogP contribution in [0.25, 0.3) is 0 Å². The molecule has 1 N–H and O–H groups in total. The fourth-order valence-electron chi connectivity index (χ4n) is 2.43. The van der Waals surface area contributed by atoms with Crippen molar-refractivity contribution in [2.24, 2.45) is 5.92 Å². The topological polar surface area (TPSA) is 72.3 Å². The Balaban J connectivity index is 1.88. The molecule has 2 amide bonds. The van der Waals surface area contributed by atoms with Crippen molar-refractivity contribution in [3.05, 3.63) is 42.4 Å². The van der Waals surface area contributed by atoms with E-state index in [9.17, 15) is 4.79 Å². The van der Waals surface area contributed by atoms with Gasteiger partial charge in [-0.2, -0.15) is 5.10 Å². The van der Waals surface area contributed by atoms with Crippen LogP contribution in [0.15, 0.2) is 36.7 Å². The Morgan fingerprint density at radius 1 is 1.36 bits per heavy atom. The molecule has 0 bridgehead atoms. The van der Waals surface area contributed by atoms with Gasteiger partial charge in [-0.25, -0.2) is 4.79 Å². The second-order valence-corrected chi connectivity index (χ2v) is 6.30. The van der Waals surface area contributed by atoms with E-state index >= 15 is 0 Å². The summed E-state index contributed by atoms with van der Waals surface area (Å²) in [5, 5.41) is 7.26. The first-order valence-corrected chi connectivity index (χ1v) is 8.56. The highest BCUT2D eigenvalue weighted by Crippen LogP contribution is 2.07. The largest absolute Gasteiger partial charge is 0.383 e. The highest BCUT2D eigenvalue weighted by Gasteiger charge is 2.15. The molecule has 0 aromatic carbocycles. The lowest BCUT2D eigenvalue weighted by molar-refractivity contribution is 0.150. The van der Waals surface area contributed by atoms with Gasteiger partial charge < -0.3 is 9.64 Å². The number of rotatable bonds is 9. The molecule has 2 heterocycles. The van der Waals surface area contributed by atoms with Gasteiger partial charge in [-0.3, -0.25) is 15.0 Å². The molecule has 136 valence electrons. The number of hydrogen-bond acceptors (Lipinski definition) is 4. The van der Waals surface area contributed by atoms with Crippen molar-refractivity contribution in [3.8, 4) is 0 Å². The lowest BCUT2D eigenvalue weighted by atomic mass is 10.2. The lowest BCUT2D eigenvalue weighted by Crippen LogP contribution is -2.39. The van der Waals surface area contributed by atoms with E-state index in [-0.39, 0.29) is 6.03 Å². The Labute approximate surface area is 149 Å². The Morgan fingerprint density at radius 2 is 2.20 bits per heavy atom. The third-order valence-electron chi connectivity index (χ3n) is 3.64. The van der Waals surface area contributed by atoms with Gasteiger partial charge in [-0.15, -0.1) is 0 Å². The van der Waals surface area contributed by atoms with Gasteiger partial charge in [0.1, 0.15) is 0 Å². The highest BCUT2D eigenvalue weighted by atomic mass is 16.5. The summed E-state index contributed by atoms with van der Waals surface area (Å²) in [5.41, 5.74) is 1.02. The number of pyridine rings is 1. The maximum absolute atomic E-state index is 12.4. The number of urea groups is 1. The average Bonchev–Trinajstić information content (AvgIpc) is 3.04. The van der Waals surface area contributed by atoms with Crippen LogP contribution in [0.5, 0.6) is 0 Å². The molecule has 0 aliphatic heterocycles. The molecule has 7 nitrogen and oxygen atoms in total. The molecule has 2 aromatic heterocycles. The zero-order valence-corrected chi connectivity index (χ0v) is 15.2. The lowest BCUT2D eigenvalue weighted by Gasteiger charge is -2.24. The summed E-state index contributed by atoms with van der Waals surface area (Å²) in [7, 11) is 1.63. The summed E-state index contributed by atoms with van der Waals surface area (Å²) >= 11 is 0. The van der Waals surface area contributed by atoms with Crippen LogP contribution < -0.4 is 5.32 Å². The van der Waals surface area contributed by atoms with Crippen molar-refractivity contribution in [2.45, 2.75) is 26.8 Å². The van der Waals surface area contributed by atoms with Gasteiger partial charge in [-0.1, -0.05) is 19.9 Å². The third-order valence-corrected chi connectivity index (χ3v) is 3.64. The summed E-state index contributed by atoms with van der Waals surface area (Å²) in [5.74, 6) is 0.940. The van der Waals surface area contributed by atoms with Crippen molar-refractivity contribution in [1.82, 2.24) is 19.7 Å². The minimum Gasteiger partial charge on any atom is -0.383 e. The van der Waals surface area contributed by atoms with E-state index in [1.54, 1.807) is 24.3 Å². The number of amides is 2. The van der Waals surface area contributed by atoms with Crippen LogP contribution in [0.4, 0.5) is 10.6 Å². The Kier molecular flexibility index (Phi) is 7.40. The van der Waals surface area contributed by atoms with Crippen LogP contribution in [0.3, 0.4) is 0 Å². The third kappa shape index (κ3) is 6.54. The quantitative estimate of drug-likeness (QED) is 0.758. The molecule has 25 heavy (non-hydrogen) atoms. The fourth-order valence-corrected chi connectivity index (χ4v) is 2.43. The maximum Gasteiger partial charge on any atom is 0.323 e. The molecule has 0 aliphatic carbocycles. The molecule has 7 heteroatoms. The number of hydrogen-bond donors (Lipinski definition) is 1. The predicted octanol–water partition coefficient (Wildman–Crippen LogP) is 2.66. The van der Waals surface area contributed by atoms with Gasteiger partial charge >= 0.3 is 6.03 Å². The van der Waals surface area contributed by atoms with E-state index in [1.165, 1.54) is 0 Å². The molecule has 0 aliphatic rings. The zero-order valence-electron chi connectivity index (χ0n) is 15.2. The minimum absolute atomic E-state index is 0.152. The molecule has 0 radical (unpaired) electrons. The Hall–Kier alpha value is -2.41. The summed E-state index contributed by atoms with van der Waals surface area (Å²) in [6.45, 7) is 6.63. The molecule has 0 atom stereocenters.